The number of benzene rings is 3. The van der Waals surface area contributed by atoms with Crippen LogP contribution in [0.1, 0.15) is 17.0 Å². The van der Waals surface area contributed by atoms with Gasteiger partial charge in [-0.2, -0.15) is 0 Å². The molecule has 1 heterocycles. The van der Waals surface area contributed by atoms with Crippen LogP contribution < -0.4 is 16.0 Å². The standard InChI is InChI=1S/C26H24FN5O/c1-17-3-9-21(10-4-17)30-24-16-25(29-18(2)28-24)31-22-11-13-23(14-12-22)32-26(33)15-19-5-7-20(27)8-6-19/h3-14,16H,15H2,1-2H3,(H,32,33)(H2,28,29,30,31). The third-order valence-corrected chi connectivity index (χ3v) is 4.88. The largest absolute Gasteiger partial charge is 0.340 e. The monoisotopic (exact) mass is 441 g/mol. The van der Waals surface area contributed by atoms with Crippen molar-refractivity contribution in [2.24, 2.45) is 0 Å². The molecule has 0 aliphatic heterocycles. The minimum atomic E-state index is -0.320. The summed E-state index contributed by atoms with van der Waals surface area (Å²) < 4.78 is 13.0. The molecule has 1 aromatic heterocycles. The first-order valence-electron chi connectivity index (χ1n) is 10.5. The van der Waals surface area contributed by atoms with Crippen LogP contribution in [0, 0.1) is 19.7 Å². The predicted octanol–water partition coefficient (Wildman–Crippen LogP) is 5.90. The maximum absolute atomic E-state index is 13.0. The molecule has 0 spiro atoms. The van der Waals surface area contributed by atoms with Crippen molar-refractivity contribution < 1.29 is 9.18 Å². The minimum absolute atomic E-state index is 0.166. The molecule has 7 heteroatoms. The molecule has 166 valence electrons. The number of aromatic nitrogens is 2. The van der Waals surface area contributed by atoms with Crippen molar-refractivity contribution in [1.29, 1.82) is 0 Å². The number of anilines is 5. The zero-order valence-electron chi connectivity index (χ0n) is 18.4. The number of carbonyl (C=O) groups is 1. The van der Waals surface area contributed by atoms with E-state index in [2.05, 4.69) is 25.9 Å². The molecule has 3 N–H and O–H groups in total. The van der Waals surface area contributed by atoms with Gasteiger partial charge in [0.2, 0.25) is 5.91 Å². The summed E-state index contributed by atoms with van der Waals surface area (Å²) in [4.78, 5) is 21.1. The van der Waals surface area contributed by atoms with Crippen molar-refractivity contribution in [3.05, 3.63) is 102 Å². The molecule has 0 aliphatic carbocycles. The summed E-state index contributed by atoms with van der Waals surface area (Å²) in [5, 5.41) is 9.41. The fraction of sp³-hybridized carbons (Fsp3) is 0.115. The van der Waals surface area contributed by atoms with E-state index in [0.717, 1.165) is 16.9 Å². The van der Waals surface area contributed by atoms with E-state index in [9.17, 15) is 9.18 Å². The lowest BCUT2D eigenvalue weighted by atomic mass is 10.1. The van der Waals surface area contributed by atoms with Crippen LogP contribution in [0.3, 0.4) is 0 Å². The maximum Gasteiger partial charge on any atom is 0.228 e. The van der Waals surface area contributed by atoms with Gasteiger partial charge in [0.05, 0.1) is 6.42 Å². The van der Waals surface area contributed by atoms with E-state index < -0.39 is 0 Å². The van der Waals surface area contributed by atoms with Gasteiger partial charge in [-0.3, -0.25) is 4.79 Å². The predicted molar refractivity (Wildman–Crippen MR) is 130 cm³/mol. The molecular weight excluding hydrogens is 417 g/mol. The average molecular weight is 442 g/mol. The van der Waals surface area contributed by atoms with Crippen molar-refractivity contribution in [2.45, 2.75) is 20.3 Å². The Morgan fingerprint density at radius 3 is 1.85 bits per heavy atom. The molecule has 4 aromatic rings. The van der Waals surface area contributed by atoms with Crippen LogP contribution in [0.15, 0.2) is 78.9 Å². The Kier molecular flexibility index (Phi) is 6.59. The molecule has 33 heavy (non-hydrogen) atoms. The molecule has 0 unspecified atom stereocenters. The highest BCUT2D eigenvalue weighted by Gasteiger charge is 2.06. The van der Waals surface area contributed by atoms with Crippen molar-refractivity contribution in [1.82, 2.24) is 9.97 Å². The molecule has 0 saturated carbocycles. The van der Waals surface area contributed by atoms with Crippen LogP contribution >= 0.6 is 0 Å². The summed E-state index contributed by atoms with van der Waals surface area (Å²) in [6.07, 6.45) is 0.178. The number of carbonyl (C=O) groups excluding carboxylic acids is 1. The van der Waals surface area contributed by atoms with Gasteiger partial charge in [0.15, 0.2) is 0 Å². The normalized spacial score (nSPS) is 10.5. The summed E-state index contributed by atoms with van der Waals surface area (Å²) in [6.45, 7) is 3.88. The Morgan fingerprint density at radius 2 is 1.27 bits per heavy atom. The second-order valence-electron chi connectivity index (χ2n) is 7.73. The van der Waals surface area contributed by atoms with Gasteiger partial charge in [-0.05, 0) is 67.9 Å². The summed E-state index contributed by atoms with van der Waals surface area (Å²) in [7, 11) is 0. The lowest BCUT2D eigenvalue weighted by Crippen LogP contribution is -2.14. The SMILES string of the molecule is Cc1ccc(Nc2cc(Nc3ccc(NC(=O)Cc4ccc(F)cc4)cc3)nc(C)n2)cc1. The van der Waals surface area contributed by atoms with Crippen LogP contribution in [0.25, 0.3) is 0 Å². The highest BCUT2D eigenvalue weighted by Crippen LogP contribution is 2.22. The van der Waals surface area contributed by atoms with E-state index in [1.807, 2.05) is 68.4 Å². The smallest absolute Gasteiger partial charge is 0.228 e. The van der Waals surface area contributed by atoms with E-state index in [4.69, 9.17) is 0 Å². The third-order valence-electron chi connectivity index (χ3n) is 4.88. The summed E-state index contributed by atoms with van der Waals surface area (Å²) in [5.74, 6) is 1.50. The first kappa shape index (κ1) is 22.0. The number of halogens is 1. The van der Waals surface area contributed by atoms with E-state index in [1.54, 1.807) is 12.1 Å². The quantitative estimate of drug-likeness (QED) is 0.333. The van der Waals surface area contributed by atoms with Crippen molar-refractivity contribution in [3.8, 4) is 0 Å². The molecule has 3 aromatic carbocycles. The molecule has 0 atom stereocenters. The molecule has 0 aliphatic rings. The fourth-order valence-corrected chi connectivity index (χ4v) is 3.26. The molecule has 4 rings (SSSR count). The molecule has 1 amide bonds. The molecular formula is C26H24FN5O. The zero-order chi connectivity index (χ0) is 23.2. The number of hydrogen-bond acceptors (Lipinski definition) is 5. The highest BCUT2D eigenvalue weighted by atomic mass is 19.1. The van der Waals surface area contributed by atoms with E-state index >= 15 is 0 Å². The Balaban J connectivity index is 1.38. The number of rotatable bonds is 7. The van der Waals surface area contributed by atoms with Gasteiger partial charge >= 0.3 is 0 Å². The van der Waals surface area contributed by atoms with Crippen molar-refractivity contribution >= 4 is 34.6 Å². The van der Waals surface area contributed by atoms with Gasteiger partial charge in [-0.25, -0.2) is 14.4 Å². The summed E-state index contributed by atoms with van der Waals surface area (Å²) in [6, 6.07) is 23.2. The van der Waals surface area contributed by atoms with E-state index in [1.165, 1.54) is 17.7 Å². The zero-order valence-corrected chi connectivity index (χ0v) is 18.4. The van der Waals surface area contributed by atoms with Gasteiger partial charge in [-0.15, -0.1) is 0 Å². The van der Waals surface area contributed by atoms with Gasteiger partial charge < -0.3 is 16.0 Å². The minimum Gasteiger partial charge on any atom is -0.340 e. The van der Waals surface area contributed by atoms with Crippen molar-refractivity contribution in [2.75, 3.05) is 16.0 Å². The second-order valence-corrected chi connectivity index (χ2v) is 7.73. The highest BCUT2D eigenvalue weighted by molar-refractivity contribution is 5.92. The molecule has 6 nitrogen and oxygen atoms in total. The van der Waals surface area contributed by atoms with Gasteiger partial charge in [0, 0.05) is 23.1 Å². The van der Waals surface area contributed by atoms with Crippen LogP contribution in [0.5, 0.6) is 0 Å². The second kappa shape index (κ2) is 9.91. The van der Waals surface area contributed by atoms with Crippen LogP contribution in [0.2, 0.25) is 0 Å². The molecule has 0 bridgehead atoms. The van der Waals surface area contributed by atoms with Crippen molar-refractivity contribution in [3.63, 3.8) is 0 Å². The fourth-order valence-electron chi connectivity index (χ4n) is 3.26. The third kappa shape index (κ3) is 6.36. The Hall–Kier alpha value is -4.26. The van der Waals surface area contributed by atoms with Gasteiger partial charge in [0.25, 0.3) is 0 Å². The average Bonchev–Trinajstić information content (AvgIpc) is 2.78. The number of aryl methyl sites for hydroxylation is 2. The lowest BCUT2D eigenvalue weighted by Gasteiger charge is -2.11. The number of nitrogens with one attached hydrogen (secondary N) is 3. The summed E-state index contributed by atoms with van der Waals surface area (Å²) in [5.41, 5.74) is 4.39. The Morgan fingerprint density at radius 1 is 0.758 bits per heavy atom. The molecule has 0 radical (unpaired) electrons. The van der Waals surface area contributed by atoms with Gasteiger partial charge in [0.1, 0.15) is 23.3 Å². The van der Waals surface area contributed by atoms with E-state index in [-0.39, 0.29) is 18.1 Å². The van der Waals surface area contributed by atoms with E-state index in [0.29, 0.717) is 23.1 Å². The summed E-state index contributed by atoms with van der Waals surface area (Å²) >= 11 is 0. The Bertz CT molecular complexity index is 1240. The lowest BCUT2D eigenvalue weighted by molar-refractivity contribution is -0.115. The maximum atomic E-state index is 13.0. The molecule has 0 saturated heterocycles. The number of nitrogens with zero attached hydrogens (tertiary/aromatic N) is 2. The van der Waals surface area contributed by atoms with Crippen LogP contribution in [-0.2, 0) is 11.2 Å². The van der Waals surface area contributed by atoms with Crippen LogP contribution in [-0.4, -0.2) is 15.9 Å². The number of hydrogen-bond donors (Lipinski definition) is 3. The number of amides is 1. The first-order chi connectivity index (χ1) is 15.9. The molecule has 0 fully saturated rings. The first-order valence-corrected chi connectivity index (χ1v) is 10.5. The van der Waals surface area contributed by atoms with Gasteiger partial charge in [-0.1, -0.05) is 29.8 Å². The topological polar surface area (TPSA) is 78.9 Å². The Labute approximate surface area is 191 Å². The van der Waals surface area contributed by atoms with Crippen LogP contribution in [0.4, 0.5) is 33.1 Å².